The van der Waals surface area contributed by atoms with Crippen molar-refractivity contribution < 1.29 is 14.0 Å². The molecule has 1 aromatic carbocycles. The van der Waals surface area contributed by atoms with Crippen molar-refractivity contribution in [2.45, 2.75) is 64.3 Å². The normalized spacial score (nSPS) is 21.3. The number of carbonyl (C=O) groups excluding carboxylic acids is 2. The van der Waals surface area contributed by atoms with Gasteiger partial charge in [-0.1, -0.05) is 25.0 Å². The second kappa shape index (κ2) is 8.60. The van der Waals surface area contributed by atoms with Gasteiger partial charge in [-0.05, 0) is 50.3 Å². The molecular formula is C25H29FN4O2. The fraction of sp³-hybridized carbons (Fsp3) is 0.520. The first kappa shape index (κ1) is 21.0. The lowest BCUT2D eigenvalue weighted by Crippen LogP contribution is -2.36. The highest BCUT2D eigenvalue weighted by Crippen LogP contribution is 2.34. The number of amides is 2. The van der Waals surface area contributed by atoms with Gasteiger partial charge in [0.05, 0.1) is 6.54 Å². The van der Waals surface area contributed by atoms with Crippen molar-refractivity contribution in [3.05, 3.63) is 52.7 Å². The van der Waals surface area contributed by atoms with Gasteiger partial charge in [0.25, 0.3) is 0 Å². The molecule has 3 aliphatic rings. The third kappa shape index (κ3) is 4.00. The summed E-state index contributed by atoms with van der Waals surface area (Å²) in [5, 5.41) is 0. The van der Waals surface area contributed by atoms with E-state index in [9.17, 15) is 14.0 Å². The molecule has 7 heteroatoms. The lowest BCUT2D eigenvalue weighted by Gasteiger charge is -2.30. The van der Waals surface area contributed by atoms with E-state index in [2.05, 4.69) is 0 Å². The van der Waals surface area contributed by atoms with E-state index in [0.29, 0.717) is 31.7 Å². The zero-order chi connectivity index (χ0) is 22.2. The molecule has 168 valence electrons. The molecule has 0 radical (unpaired) electrons. The van der Waals surface area contributed by atoms with Crippen LogP contribution in [0, 0.1) is 18.7 Å². The highest BCUT2D eigenvalue weighted by atomic mass is 19.1. The summed E-state index contributed by atoms with van der Waals surface area (Å²) in [6.45, 7) is 3.74. The van der Waals surface area contributed by atoms with E-state index in [0.717, 1.165) is 61.3 Å². The number of aryl methyl sites for hydroxylation is 1. The Balaban J connectivity index is 1.39. The maximum atomic E-state index is 13.3. The van der Waals surface area contributed by atoms with Gasteiger partial charge in [-0.25, -0.2) is 14.4 Å². The van der Waals surface area contributed by atoms with Gasteiger partial charge in [-0.15, -0.1) is 0 Å². The van der Waals surface area contributed by atoms with Gasteiger partial charge in [0, 0.05) is 42.6 Å². The molecular weight excluding hydrogens is 407 g/mol. The minimum absolute atomic E-state index is 0.0235. The van der Waals surface area contributed by atoms with Crippen LogP contribution in [0.25, 0.3) is 0 Å². The van der Waals surface area contributed by atoms with Gasteiger partial charge in [0.15, 0.2) is 0 Å². The number of carbonyl (C=O) groups is 2. The largest absolute Gasteiger partial charge is 0.342 e. The van der Waals surface area contributed by atoms with Crippen LogP contribution in [0.4, 0.5) is 10.2 Å². The lowest BCUT2D eigenvalue weighted by atomic mass is 10.0. The predicted octanol–water partition coefficient (Wildman–Crippen LogP) is 3.91. The fourth-order valence-corrected chi connectivity index (χ4v) is 5.32. The van der Waals surface area contributed by atoms with Crippen LogP contribution in [0.3, 0.4) is 0 Å². The molecule has 2 amide bonds. The van der Waals surface area contributed by atoms with Crippen molar-refractivity contribution in [1.82, 2.24) is 14.9 Å². The van der Waals surface area contributed by atoms with Crippen molar-refractivity contribution >= 4 is 17.6 Å². The summed E-state index contributed by atoms with van der Waals surface area (Å²) in [5.74, 6) is 1.69. The number of anilines is 1. The van der Waals surface area contributed by atoms with Crippen molar-refractivity contribution in [3.63, 3.8) is 0 Å². The first-order valence-corrected chi connectivity index (χ1v) is 11.7. The first-order chi connectivity index (χ1) is 15.5. The van der Waals surface area contributed by atoms with E-state index >= 15 is 0 Å². The molecule has 5 rings (SSSR count). The number of rotatable bonds is 4. The third-order valence-electron chi connectivity index (χ3n) is 7.18. The average molecular weight is 437 g/mol. The Kier molecular flexibility index (Phi) is 5.66. The SMILES string of the molecule is Cc1nc(C2CCN(C(=O)C3CCCC3)C2)nc2c1CCC(=O)N2Cc1ccc(F)cc1. The molecule has 1 saturated carbocycles. The van der Waals surface area contributed by atoms with Gasteiger partial charge < -0.3 is 4.90 Å². The van der Waals surface area contributed by atoms with E-state index in [1.54, 1.807) is 17.0 Å². The van der Waals surface area contributed by atoms with Crippen LogP contribution in [0.1, 0.15) is 67.1 Å². The van der Waals surface area contributed by atoms with Crippen LogP contribution < -0.4 is 4.90 Å². The smallest absolute Gasteiger partial charge is 0.228 e. The molecule has 1 saturated heterocycles. The zero-order valence-electron chi connectivity index (χ0n) is 18.5. The van der Waals surface area contributed by atoms with E-state index < -0.39 is 0 Å². The van der Waals surface area contributed by atoms with Gasteiger partial charge in [0.1, 0.15) is 17.5 Å². The minimum Gasteiger partial charge on any atom is -0.342 e. The van der Waals surface area contributed by atoms with Gasteiger partial charge in [-0.3, -0.25) is 14.5 Å². The van der Waals surface area contributed by atoms with Crippen LogP contribution in [0.15, 0.2) is 24.3 Å². The summed E-state index contributed by atoms with van der Waals surface area (Å²) in [7, 11) is 0. The van der Waals surface area contributed by atoms with Gasteiger partial charge in [-0.2, -0.15) is 0 Å². The summed E-state index contributed by atoms with van der Waals surface area (Å²) >= 11 is 0. The maximum absolute atomic E-state index is 13.3. The van der Waals surface area contributed by atoms with Crippen LogP contribution in [-0.4, -0.2) is 39.8 Å². The highest BCUT2D eigenvalue weighted by Gasteiger charge is 2.35. The number of benzene rings is 1. The number of hydrogen-bond acceptors (Lipinski definition) is 4. The second-order valence-electron chi connectivity index (χ2n) is 9.33. The first-order valence-electron chi connectivity index (χ1n) is 11.7. The van der Waals surface area contributed by atoms with Gasteiger partial charge in [0.2, 0.25) is 11.8 Å². The average Bonchev–Trinajstić information content (AvgIpc) is 3.49. The maximum Gasteiger partial charge on any atom is 0.228 e. The van der Waals surface area contributed by atoms with E-state index in [4.69, 9.17) is 9.97 Å². The number of nitrogens with zero attached hydrogens (tertiary/aromatic N) is 4. The molecule has 2 aliphatic heterocycles. The van der Waals surface area contributed by atoms with E-state index in [1.807, 2.05) is 11.8 Å². The number of halogens is 1. The molecule has 1 unspecified atom stereocenters. The Morgan fingerprint density at radius 1 is 1.09 bits per heavy atom. The number of fused-ring (bicyclic) bond motifs is 1. The number of likely N-dealkylation sites (tertiary alicyclic amines) is 1. The quantitative estimate of drug-likeness (QED) is 0.729. The van der Waals surface area contributed by atoms with Crippen LogP contribution in [0.2, 0.25) is 0 Å². The zero-order valence-corrected chi connectivity index (χ0v) is 18.5. The molecule has 1 aromatic heterocycles. The molecule has 2 aromatic rings. The lowest BCUT2D eigenvalue weighted by molar-refractivity contribution is -0.134. The Morgan fingerprint density at radius 2 is 1.84 bits per heavy atom. The Hall–Kier alpha value is -2.83. The number of hydrogen-bond donors (Lipinski definition) is 0. The Morgan fingerprint density at radius 3 is 2.59 bits per heavy atom. The summed E-state index contributed by atoms with van der Waals surface area (Å²) in [4.78, 5) is 39.0. The summed E-state index contributed by atoms with van der Waals surface area (Å²) in [6.07, 6.45) is 6.23. The van der Waals surface area contributed by atoms with E-state index in [1.165, 1.54) is 12.1 Å². The molecule has 3 heterocycles. The second-order valence-corrected chi connectivity index (χ2v) is 9.33. The highest BCUT2D eigenvalue weighted by molar-refractivity contribution is 5.95. The van der Waals surface area contributed by atoms with Crippen molar-refractivity contribution in [3.8, 4) is 0 Å². The summed E-state index contributed by atoms with van der Waals surface area (Å²) < 4.78 is 13.3. The molecule has 2 fully saturated rings. The van der Waals surface area contributed by atoms with Crippen LogP contribution >= 0.6 is 0 Å². The molecule has 0 bridgehead atoms. The number of aromatic nitrogens is 2. The predicted molar refractivity (Wildman–Crippen MR) is 119 cm³/mol. The fourth-order valence-electron chi connectivity index (χ4n) is 5.32. The summed E-state index contributed by atoms with van der Waals surface area (Å²) in [6, 6.07) is 6.23. The van der Waals surface area contributed by atoms with Gasteiger partial charge >= 0.3 is 0 Å². The van der Waals surface area contributed by atoms with E-state index in [-0.39, 0.29) is 29.5 Å². The topological polar surface area (TPSA) is 66.4 Å². The molecule has 1 atom stereocenters. The monoisotopic (exact) mass is 436 g/mol. The molecule has 0 spiro atoms. The molecule has 6 nitrogen and oxygen atoms in total. The Bertz CT molecular complexity index is 1030. The van der Waals surface area contributed by atoms with Crippen molar-refractivity contribution in [1.29, 1.82) is 0 Å². The van der Waals surface area contributed by atoms with Crippen LogP contribution in [-0.2, 0) is 22.6 Å². The standard InChI is InChI=1S/C25H29FN4O2/c1-16-21-10-11-22(31)30(14-17-6-8-20(26)9-7-17)24(21)28-23(27-16)19-12-13-29(15-19)25(32)18-4-2-3-5-18/h6-9,18-19H,2-5,10-15H2,1H3. The Labute approximate surface area is 187 Å². The third-order valence-corrected chi connectivity index (χ3v) is 7.18. The minimum atomic E-state index is -0.294. The summed E-state index contributed by atoms with van der Waals surface area (Å²) in [5.41, 5.74) is 2.77. The molecule has 32 heavy (non-hydrogen) atoms. The van der Waals surface area contributed by atoms with Crippen molar-refractivity contribution in [2.24, 2.45) is 5.92 Å². The molecule has 1 aliphatic carbocycles. The molecule has 0 N–H and O–H groups in total. The van der Waals surface area contributed by atoms with Crippen LogP contribution in [0.5, 0.6) is 0 Å². The van der Waals surface area contributed by atoms with Crippen molar-refractivity contribution in [2.75, 3.05) is 18.0 Å².